The maximum atomic E-state index is 10.3. The number of amides is 1. The number of oxime groups is 1. The average Bonchev–Trinajstić information content (AvgIpc) is 1.82. The molecule has 0 saturated carbocycles. The van der Waals surface area contributed by atoms with E-state index < -0.39 is 12.0 Å². The molecule has 58 valence electrons. The Morgan fingerprint density at radius 1 is 1.60 bits per heavy atom. The molecule has 0 bridgehead atoms. The second-order valence-electron chi connectivity index (χ2n) is 2.19. The SMILES string of the molecule is CC(C)=NOC(C)C(N)=O. The maximum Gasteiger partial charge on any atom is 0.261 e. The van der Waals surface area contributed by atoms with E-state index in [1.165, 1.54) is 0 Å². The first-order valence-electron chi connectivity index (χ1n) is 3.00. The fraction of sp³-hybridized carbons (Fsp3) is 0.667. The van der Waals surface area contributed by atoms with Gasteiger partial charge in [0.2, 0.25) is 6.10 Å². The monoisotopic (exact) mass is 144 g/mol. The molecule has 0 aromatic carbocycles. The molecule has 0 aromatic heterocycles. The summed E-state index contributed by atoms with van der Waals surface area (Å²) in [7, 11) is 0. The standard InChI is InChI=1S/C6H12N2O2/c1-4(2)8-10-5(3)6(7)9/h5H,1-3H3,(H2,7,9). The molecule has 1 atom stereocenters. The Hall–Kier alpha value is -1.06. The molecular formula is C6H12N2O2. The molecule has 0 saturated heterocycles. The zero-order valence-corrected chi connectivity index (χ0v) is 6.42. The molecule has 0 aliphatic rings. The molecule has 1 unspecified atom stereocenters. The number of nitrogens with two attached hydrogens (primary N) is 1. The smallest absolute Gasteiger partial charge is 0.261 e. The van der Waals surface area contributed by atoms with Crippen LogP contribution in [0.4, 0.5) is 0 Å². The van der Waals surface area contributed by atoms with Gasteiger partial charge in [0, 0.05) is 0 Å². The molecule has 0 aromatic rings. The van der Waals surface area contributed by atoms with Crippen LogP contribution in [-0.2, 0) is 9.63 Å². The largest absolute Gasteiger partial charge is 0.383 e. The van der Waals surface area contributed by atoms with Crippen LogP contribution in [0.2, 0.25) is 0 Å². The summed E-state index contributed by atoms with van der Waals surface area (Å²) < 4.78 is 0. The van der Waals surface area contributed by atoms with Crippen molar-refractivity contribution in [2.75, 3.05) is 0 Å². The van der Waals surface area contributed by atoms with Gasteiger partial charge in [0.25, 0.3) is 5.91 Å². The lowest BCUT2D eigenvalue weighted by Gasteiger charge is -2.03. The Bertz CT molecular complexity index is 150. The van der Waals surface area contributed by atoms with Gasteiger partial charge in [0.1, 0.15) is 0 Å². The van der Waals surface area contributed by atoms with Crippen molar-refractivity contribution in [3.8, 4) is 0 Å². The number of carbonyl (C=O) groups is 1. The highest BCUT2D eigenvalue weighted by Gasteiger charge is 2.07. The minimum absolute atomic E-state index is 0.509. The van der Waals surface area contributed by atoms with Crippen molar-refractivity contribution in [1.29, 1.82) is 0 Å². The highest BCUT2D eigenvalue weighted by Crippen LogP contribution is 1.89. The van der Waals surface area contributed by atoms with E-state index in [0.29, 0.717) is 0 Å². The maximum absolute atomic E-state index is 10.3. The Morgan fingerprint density at radius 3 is 2.40 bits per heavy atom. The van der Waals surface area contributed by atoms with Crippen LogP contribution in [0, 0.1) is 0 Å². The topological polar surface area (TPSA) is 64.7 Å². The van der Waals surface area contributed by atoms with E-state index >= 15 is 0 Å². The number of rotatable bonds is 3. The van der Waals surface area contributed by atoms with E-state index in [9.17, 15) is 4.79 Å². The van der Waals surface area contributed by atoms with Gasteiger partial charge in [-0.25, -0.2) is 0 Å². The first-order chi connectivity index (χ1) is 4.54. The summed E-state index contributed by atoms with van der Waals surface area (Å²) >= 11 is 0. The lowest BCUT2D eigenvalue weighted by molar-refractivity contribution is -0.128. The van der Waals surface area contributed by atoms with E-state index in [2.05, 4.69) is 9.99 Å². The first kappa shape index (κ1) is 8.94. The molecule has 10 heavy (non-hydrogen) atoms. The molecule has 0 spiro atoms. The fourth-order valence-electron chi connectivity index (χ4n) is 0.236. The van der Waals surface area contributed by atoms with Crippen LogP contribution in [0.15, 0.2) is 5.16 Å². The van der Waals surface area contributed by atoms with Gasteiger partial charge in [-0.1, -0.05) is 5.16 Å². The molecule has 1 amide bonds. The average molecular weight is 144 g/mol. The van der Waals surface area contributed by atoms with Crippen LogP contribution in [0.1, 0.15) is 20.8 Å². The quantitative estimate of drug-likeness (QED) is 0.456. The third kappa shape index (κ3) is 3.88. The van der Waals surface area contributed by atoms with E-state index in [0.717, 1.165) is 5.71 Å². The summed E-state index contributed by atoms with van der Waals surface area (Å²) in [6, 6.07) is 0. The number of hydrogen-bond acceptors (Lipinski definition) is 3. The van der Waals surface area contributed by atoms with Crippen LogP contribution < -0.4 is 5.73 Å². The molecule has 4 nitrogen and oxygen atoms in total. The zero-order valence-electron chi connectivity index (χ0n) is 6.42. The lowest BCUT2D eigenvalue weighted by atomic mass is 10.4. The molecule has 4 heteroatoms. The van der Waals surface area contributed by atoms with Crippen LogP contribution in [-0.4, -0.2) is 17.7 Å². The van der Waals surface area contributed by atoms with Gasteiger partial charge >= 0.3 is 0 Å². The molecule has 0 fully saturated rings. The van der Waals surface area contributed by atoms with Gasteiger partial charge in [0.05, 0.1) is 5.71 Å². The van der Waals surface area contributed by atoms with Gasteiger partial charge < -0.3 is 10.6 Å². The summed E-state index contributed by atoms with van der Waals surface area (Å²) in [5, 5.41) is 3.56. The van der Waals surface area contributed by atoms with Crippen molar-refractivity contribution >= 4 is 11.6 Å². The van der Waals surface area contributed by atoms with Crippen molar-refractivity contribution in [2.45, 2.75) is 26.9 Å². The summed E-state index contributed by atoms with van der Waals surface area (Å²) in [6.45, 7) is 5.09. The number of primary amides is 1. The normalized spacial score (nSPS) is 11.9. The third-order valence-electron chi connectivity index (χ3n) is 0.794. The van der Waals surface area contributed by atoms with Crippen LogP contribution in [0.25, 0.3) is 0 Å². The zero-order chi connectivity index (χ0) is 8.15. The minimum atomic E-state index is -0.644. The van der Waals surface area contributed by atoms with Gasteiger partial charge in [-0.05, 0) is 20.8 Å². The minimum Gasteiger partial charge on any atom is -0.383 e. The summed E-state index contributed by atoms with van der Waals surface area (Å²) in [6.07, 6.45) is -0.644. The van der Waals surface area contributed by atoms with E-state index in [4.69, 9.17) is 5.73 Å². The van der Waals surface area contributed by atoms with Gasteiger partial charge in [0.15, 0.2) is 0 Å². The second kappa shape index (κ2) is 3.87. The molecule has 0 rings (SSSR count). The van der Waals surface area contributed by atoms with Crippen LogP contribution in [0.3, 0.4) is 0 Å². The lowest BCUT2D eigenvalue weighted by Crippen LogP contribution is -2.26. The summed E-state index contributed by atoms with van der Waals surface area (Å²) in [5.74, 6) is -0.509. The Labute approximate surface area is 60.0 Å². The molecule has 0 aliphatic heterocycles. The van der Waals surface area contributed by atoms with Crippen molar-refractivity contribution in [3.05, 3.63) is 0 Å². The predicted octanol–water partition coefficient (Wildman–Crippen LogP) is 0.273. The molecular weight excluding hydrogens is 132 g/mol. The Morgan fingerprint density at radius 2 is 2.10 bits per heavy atom. The summed E-state index contributed by atoms with van der Waals surface area (Å²) in [4.78, 5) is 15.0. The Balaban J connectivity index is 3.70. The van der Waals surface area contributed by atoms with Crippen LogP contribution >= 0.6 is 0 Å². The molecule has 0 radical (unpaired) electrons. The molecule has 2 N–H and O–H groups in total. The molecule has 0 aliphatic carbocycles. The van der Waals surface area contributed by atoms with E-state index in [-0.39, 0.29) is 0 Å². The molecule has 0 heterocycles. The van der Waals surface area contributed by atoms with Gasteiger partial charge in [-0.3, -0.25) is 4.79 Å². The number of carbonyl (C=O) groups excluding carboxylic acids is 1. The Kier molecular flexibility index (Phi) is 3.46. The highest BCUT2D eigenvalue weighted by atomic mass is 16.6. The summed E-state index contributed by atoms with van der Waals surface area (Å²) in [5.41, 5.74) is 5.65. The van der Waals surface area contributed by atoms with Gasteiger partial charge in [-0.15, -0.1) is 0 Å². The van der Waals surface area contributed by atoms with Crippen molar-refractivity contribution < 1.29 is 9.63 Å². The third-order valence-corrected chi connectivity index (χ3v) is 0.794. The highest BCUT2D eigenvalue weighted by molar-refractivity contribution is 5.80. The van der Waals surface area contributed by atoms with Crippen molar-refractivity contribution in [3.63, 3.8) is 0 Å². The first-order valence-corrected chi connectivity index (χ1v) is 3.00. The van der Waals surface area contributed by atoms with Gasteiger partial charge in [-0.2, -0.15) is 0 Å². The fourth-order valence-corrected chi connectivity index (χ4v) is 0.236. The number of nitrogens with zero attached hydrogens (tertiary/aromatic N) is 1. The second-order valence-corrected chi connectivity index (χ2v) is 2.19. The van der Waals surface area contributed by atoms with Crippen molar-refractivity contribution in [1.82, 2.24) is 0 Å². The van der Waals surface area contributed by atoms with Crippen molar-refractivity contribution in [2.24, 2.45) is 10.9 Å². The predicted molar refractivity (Wildman–Crippen MR) is 38.5 cm³/mol. The number of hydrogen-bond donors (Lipinski definition) is 1. The van der Waals surface area contributed by atoms with Crippen LogP contribution in [0.5, 0.6) is 0 Å². The van der Waals surface area contributed by atoms with E-state index in [1.54, 1.807) is 20.8 Å². The van der Waals surface area contributed by atoms with E-state index in [1.807, 2.05) is 0 Å².